The van der Waals surface area contributed by atoms with Crippen LogP contribution in [0.2, 0.25) is 0 Å². The van der Waals surface area contributed by atoms with E-state index in [0.717, 1.165) is 16.7 Å². The van der Waals surface area contributed by atoms with E-state index >= 15 is 0 Å². The molecule has 0 spiro atoms. The zero-order valence-corrected chi connectivity index (χ0v) is 30.2. The highest BCUT2D eigenvalue weighted by Gasteiger charge is 2.26. The maximum absolute atomic E-state index is 13.0. The number of ether oxygens (including phenoxy) is 1. The molecule has 8 heteroatoms. The van der Waals surface area contributed by atoms with Crippen LogP contribution >= 0.6 is 0 Å². The molecule has 0 aliphatic heterocycles. The fraction of sp³-hybridized carbons (Fsp3) is 0.279. The number of carbonyl (C=O) groups excluding carboxylic acids is 3. The Kier molecular flexibility index (Phi) is 16.9. The summed E-state index contributed by atoms with van der Waals surface area (Å²) in [7, 11) is 0. The Balaban J connectivity index is 0.000000286. The molecule has 3 amide bonds. The van der Waals surface area contributed by atoms with Gasteiger partial charge < -0.3 is 19.9 Å². The highest BCUT2D eigenvalue weighted by atomic mass is 16.6. The molecule has 1 N–H and O–H groups in total. The van der Waals surface area contributed by atoms with Gasteiger partial charge in [0.2, 0.25) is 11.8 Å². The van der Waals surface area contributed by atoms with E-state index < -0.39 is 11.7 Å². The quantitative estimate of drug-likeness (QED) is 0.123. The van der Waals surface area contributed by atoms with Crippen molar-refractivity contribution < 1.29 is 19.1 Å². The van der Waals surface area contributed by atoms with Crippen molar-refractivity contribution in [3.63, 3.8) is 0 Å². The van der Waals surface area contributed by atoms with Crippen LogP contribution in [-0.4, -0.2) is 64.4 Å². The van der Waals surface area contributed by atoms with Gasteiger partial charge in [-0.05, 0) is 43.0 Å². The number of benzene rings is 4. The Labute approximate surface area is 304 Å². The second kappa shape index (κ2) is 21.6. The first-order chi connectivity index (χ1) is 24.6. The van der Waals surface area contributed by atoms with Gasteiger partial charge in [0.1, 0.15) is 12.1 Å². The average molecular weight is 689 g/mol. The summed E-state index contributed by atoms with van der Waals surface area (Å²) >= 11 is 0. The van der Waals surface area contributed by atoms with E-state index in [-0.39, 0.29) is 18.4 Å². The molecule has 0 bridgehead atoms. The third kappa shape index (κ3) is 15.7. The van der Waals surface area contributed by atoms with Crippen LogP contribution in [-0.2, 0) is 40.5 Å². The van der Waals surface area contributed by atoms with Crippen LogP contribution in [0.3, 0.4) is 0 Å². The molecule has 4 aromatic rings. The molecule has 0 aliphatic carbocycles. The average Bonchev–Trinajstić information content (AvgIpc) is 3.12. The lowest BCUT2D eigenvalue weighted by Crippen LogP contribution is -2.44. The summed E-state index contributed by atoms with van der Waals surface area (Å²) < 4.78 is 5.53. The summed E-state index contributed by atoms with van der Waals surface area (Å²) in [4.78, 5) is 43.1. The lowest BCUT2D eigenvalue weighted by atomic mass is 10.2. The summed E-state index contributed by atoms with van der Waals surface area (Å²) in [6.07, 6.45) is 2.95. The first-order valence-electron chi connectivity index (χ1n) is 17.2. The first-order valence-corrected chi connectivity index (χ1v) is 17.2. The standard InChI is InChI=1S/C24H30N2O3.C19H22N2O/c1-5-16-25(17-20-12-8-6-9-13-20)22(27)19-26(23(28)29-24(2,3)4)18-21-14-10-7-11-15-21;1-2-13-21(16-18-11-7-4-8-12-18)19(22)15-20-14-17-9-5-3-6-10-17/h5-15H,1,16-19H2,2-4H3;2-12,20H,1,13-16H2. The van der Waals surface area contributed by atoms with Gasteiger partial charge in [-0.3, -0.25) is 14.5 Å². The second-order valence-electron chi connectivity index (χ2n) is 13.0. The van der Waals surface area contributed by atoms with Crippen LogP contribution in [0, 0.1) is 0 Å². The third-order valence-electron chi connectivity index (χ3n) is 7.48. The van der Waals surface area contributed by atoms with Gasteiger partial charge in [0.25, 0.3) is 0 Å². The minimum atomic E-state index is -0.639. The zero-order valence-electron chi connectivity index (χ0n) is 30.2. The summed E-state index contributed by atoms with van der Waals surface area (Å²) in [6, 6.07) is 39.4. The lowest BCUT2D eigenvalue weighted by Gasteiger charge is -2.29. The maximum Gasteiger partial charge on any atom is 0.411 e. The fourth-order valence-corrected chi connectivity index (χ4v) is 5.03. The number of hydrogen-bond acceptors (Lipinski definition) is 5. The number of carbonyl (C=O) groups is 3. The van der Waals surface area contributed by atoms with E-state index in [4.69, 9.17) is 4.74 Å². The van der Waals surface area contributed by atoms with Crippen molar-refractivity contribution in [2.24, 2.45) is 0 Å². The van der Waals surface area contributed by atoms with E-state index in [1.807, 2.05) is 142 Å². The Morgan fingerprint density at radius 3 is 1.35 bits per heavy atom. The van der Waals surface area contributed by atoms with Crippen molar-refractivity contribution in [1.29, 1.82) is 0 Å². The van der Waals surface area contributed by atoms with Gasteiger partial charge in [0, 0.05) is 39.3 Å². The smallest absolute Gasteiger partial charge is 0.411 e. The van der Waals surface area contributed by atoms with E-state index in [0.29, 0.717) is 45.8 Å². The van der Waals surface area contributed by atoms with Crippen LogP contribution in [0.4, 0.5) is 4.79 Å². The van der Waals surface area contributed by atoms with Gasteiger partial charge in [0.15, 0.2) is 0 Å². The molecular weight excluding hydrogens is 636 g/mol. The molecule has 0 atom stereocenters. The lowest BCUT2D eigenvalue weighted by molar-refractivity contribution is -0.132. The predicted octanol–water partition coefficient (Wildman–Crippen LogP) is 7.63. The molecular formula is C43H52N4O4. The van der Waals surface area contributed by atoms with Crippen LogP contribution in [0.25, 0.3) is 0 Å². The normalized spacial score (nSPS) is 10.6. The molecule has 268 valence electrons. The molecule has 0 saturated carbocycles. The van der Waals surface area contributed by atoms with E-state index in [9.17, 15) is 14.4 Å². The summed E-state index contributed by atoms with van der Waals surface area (Å²) in [5.74, 6) is -0.0739. The molecule has 51 heavy (non-hydrogen) atoms. The topological polar surface area (TPSA) is 82.2 Å². The summed E-state index contributed by atoms with van der Waals surface area (Å²) in [5.41, 5.74) is 3.62. The number of hydrogen-bond donors (Lipinski definition) is 1. The van der Waals surface area contributed by atoms with Crippen molar-refractivity contribution in [2.75, 3.05) is 26.2 Å². The van der Waals surface area contributed by atoms with Crippen molar-refractivity contribution in [2.45, 2.75) is 52.6 Å². The van der Waals surface area contributed by atoms with Gasteiger partial charge >= 0.3 is 6.09 Å². The van der Waals surface area contributed by atoms with Crippen LogP contribution in [0.15, 0.2) is 147 Å². The Morgan fingerprint density at radius 2 is 0.961 bits per heavy atom. The van der Waals surface area contributed by atoms with Gasteiger partial charge in [-0.15, -0.1) is 13.2 Å². The van der Waals surface area contributed by atoms with E-state index in [1.54, 1.807) is 22.0 Å². The van der Waals surface area contributed by atoms with E-state index in [1.165, 1.54) is 10.5 Å². The molecule has 0 unspecified atom stereocenters. The van der Waals surface area contributed by atoms with Crippen LogP contribution in [0.1, 0.15) is 43.0 Å². The maximum atomic E-state index is 13.0. The van der Waals surface area contributed by atoms with Crippen molar-refractivity contribution in [3.05, 3.63) is 169 Å². The molecule has 0 fully saturated rings. The third-order valence-corrected chi connectivity index (χ3v) is 7.48. The molecule has 0 aliphatic rings. The highest BCUT2D eigenvalue weighted by Crippen LogP contribution is 2.14. The molecule has 4 aromatic carbocycles. The van der Waals surface area contributed by atoms with Crippen molar-refractivity contribution >= 4 is 17.9 Å². The van der Waals surface area contributed by atoms with Gasteiger partial charge in [-0.25, -0.2) is 4.79 Å². The molecule has 0 aromatic heterocycles. The minimum Gasteiger partial charge on any atom is -0.444 e. The van der Waals surface area contributed by atoms with Gasteiger partial charge in [-0.2, -0.15) is 0 Å². The molecule has 0 saturated heterocycles. The Bertz CT molecular complexity index is 1620. The largest absolute Gasteiger partial charge is 0.444 e. The molecule has 8 nitrogen and oxygen atoms in total. The summed E-state index contributed by atoms with van der Waals surface area (Å²) in [6.45, 7) is 16.2. The minimum absolute atomic E-state index is 0.0650. The first kappa shape index (κ1) is 40.0. The molecule has 4 rings (SSSR count). The predicted molar refractivity (Wildman–Crippen MR) is 205 cm³/mol. The molecule has 0 radical (unpaired) electrons. The Hall–Kier alpha value is -5.47. The monoisotopic (exact) mass is 688 g/mol. The van der Waals surface area contributed by atoms with Crippen LogP contribution < -0.4 is 5.32 Å². The number of nitrogens with one attached hydrogen (secondary N) is 1. The SMILES string of the molecule is C=CCN(Cc1ccccc1)C(=O)CN(Cc1ccccc1)C(=O)OC(C)(C)C.C=CCN(Cc1ccccc1)C(=O)CNCc1ccccc1. The molecule has 0 heterocycles. The number of nitrogens with zero attached hydrogens (tertiary/aromatic N) is 3. The summed E-state index contributed by atoms with van der Waals surface area (Å²) in [5, 5.41) is 3.20. The zero-order chi connectivity index (χ0) is 36.9. The number of rotatable bonds is 16. The van der Waals surface area contributed by atoms with Gasteiger partial charge in [0.05, 0.1) is 6.54 Å². The van der Waals surface area contributed by atoms with E-state index in [2.05, 4.69) is 18.5 Å². The number of amides is 3. The fourth-order valence-electron chi connectivity index (χ4n) is 5.03. The van der Waals surface area contributed by atoms with Gasteiger partial charge in [-0.1, -0.05) is 133 Å². The highest BCUT2D eigenvalue weighted by molar-refractivity contribution is 5.82. The Morgan fingerprint density at radius 1 is 0.588 bits per heavy atom. The van der Waals surface area contributed by atoms with Crippen LogP contribution in [0.5, 0.6) is 0 Å². The second-order valence-corrected chi connectivity index (χ2v) is 13.0. The van der Waals surface area contributed by atoms with Crippen molar-refractivity contribution in [1.82, 2.24) is 20.0 Å². The van der Waals surface area contributed by atoms with Crippen molar-refractivity contribution in [3.8, 4) is 0 Å².